The zero-order valence-corrected chi connectivity index (χ0v) is 12.5. The van der Waals surface area contributed by atoms with E-state index in [0.717, 1.165) is 0 Å². The third-order valence-electron chi connectivity index (χ3n) is 3.68. The number of halogens is 3. The topological polar surface area (TPSA) is 67.8 Å². The SMILES string of the molecule is COCCOc1cccc(C(=O)NC2CC(O)(C(F)(F)F)C2)c1. The van der Waals surface area contributed by atoms with E-state index in [1.807, 2.05) is 0 Å². The van der Waals surface area contributed by atoms with Crippen LogP contribution < -0.4 is 10.1 Å². The molecule has 1 aliphatic carbocycles. The van der Waals surface area contributed by atoms with Gasteiger partial charge in [-0.1, -0.05) is 6.07 Å². The highest BCUT2D eigenvalue weighted by Crippen LogP contribution is 2.45. The lowest BCUT2D eigenvalue weighted by molar-refractivity contribution is -0.291. The van der Waals surface area contributed by atoms with Crippen molar-refractivity contribution in [2.24, 2.45) is 0 Å². The number of hydrogen-bond acceptors (Lipinski definition) is 4. The summed E-state index contributed by atoms with van der Waals surface area (Å²) in [6, 6.07) is 5.61. The maximum atomic E-state index is 12.5. The Morgan fingerprint density at radius 3 is 2.70 bits per heavy atom. The van der Waals surface area contributed by atoms with Gasteiger partial charge in [0.05, 0.1) is 6.61 Å². The largest absolute Gasteiger partial charge is 0.491 e. The van der Waals surface area contributed by atoms with Gasteiger partial charge in [0.15, 0.2) is 5.60 Å². The predicted molar refractivity (Wildman–Crippen MR) is 75.3 cm³/mol. The summed E-state index contributed by atoms with van der Waals surface area (Å²) in [5.74, 6) is -0.0356. The van der Waals surface area contributed by atoms with E-state index in [2.05, 4.69) is 5.32 Å². The van der Waals surface area contributed by atoms with Crippen molar-refractivity contribution in [3.05, 3.63) is 29.8 Å². The molecule has 2 N–H and O–H groups in total. The van der Waals surface area contributed by atoms with Crippen LogP contribution >= 0.6 is 0 Å². The Morgan fingerprint density at radius 2 is 2.09 bits per heavy atom. The van der Waals surface area contributed by atoms with Gasteiger partial charge >= 0.3 is 6.18 Å². The number of benzene rings is 1. The van der Waals surface area contributed by atoms with Crippen molar-refractivity contribution in [3.63, 3.8) is 0 Å². The normalized spacial score (nSPS) is 24.0. The van der Waals surface area contributed by atoms with Gasteiger partial charge in [0.1, 0.15) is 12.4 Å². The van der Waals surface area contributed by atoms with Crippen LogP contribution in [0.15, 0.2) is 24.3 Å². The molecule has 1 fully saturated rings. The summed E-state index contributed by atoms with van der Waals surface area (Å²) in [4.78, 5) is 12.0. The van der Waals surface area contributed by atoms with Gasteiger partial charge in [-0.15, -0.1) is 0 Å². The van der Waals surface area contributed by atoms with Crippen molar-refractivity contribution in [2.75, 3.05) is 20.3 Å². The van der Waals surface area contributed by atoms with Gasteiger partial charge in [-0.3, -0.25) is 4.79 Å². The second-order valence-electron chi connectivity index (χ2n) is 5.48. The number of amides is 1. The van der Waals surface area contributed by atoms with E-state index in [9.17, 15) is 23.1 Å². The maximum absolute atomic E-state index is 12.5. The first-order valence-corrected chi connectivity index (χ1v) is 7.07. The van der Waals surface area contributed by atoms with Crippen LogP contribution in [0.25, 0.3) is 0 Å². The van der Waals surface area contributed by atoms with E-state index in [0.29, 0.717) is 19.0 Å². The third kappa shape index (κ3) is 4.14. The van der Waals surface area contributed by atoms with E-state index in [-0.39, 0.29) is 5.56 Å². The molecule has 128 valence electrons. The molecule has 1 aromatic rings. The smallest absolute Gasteiger partial charge is 0.417 e. The molecule has 0 atom stereocenters. The van der Waals surface area contributed by atoms with Gasteiger partial charge in [-0.25, -0.2) is 0 Å². The van der Waals surface area contributed by atoms with Crippen molar-refractivity contribution in [3.8, 4) is 5.75 Å². The van der Waals surface area contributed by atoms with Crippen LogP contribution in [0.4, 0.5) is 13.2 Å². The molecule has 0 saturated heterocycles. The number of methoxy groups -OCH3 is 1. The molecular formula is C15H18F3NO4. The highest BCUT2D eigenvalue weighted by molar-refractivity contribution is 5.94. The first-order chi connectivity index (χ1) is 10.7. The predicted octanol–water partition coefficient (Wildman–Crippen LogP) is 1.90. The van der Waals surface area contributed by atoms with Crippen molar-refractivity contribution >= 4 is 5.91 Å². The van der Waals surface area contributed by atoms with E-state index < -0.39 is 36.6 Å². The maximum Gasteiger partial charge on any atom is 0.417 e. The molecule has 0 aromatic heterocycles. The van der Waals surface area contributed by atoms with Crippen LogP contribution in [0, 0.1) is 0 Å². The second kappa shape index (κ2) is 6.76. The molecule has 1 aliphatic rings. The van der Waals surface area contributed by atoms with E-state index in [1.165, 1.54) is 19.2 Å². The molecule has 8 heteroatoms. The third-order valence-corrected chi connectivity index (χ3v) is 3.68. The summed E-state index contributed by atoms with van der Waals surface area (Å²) >= 11 is 0. The fourth-order valence-electron chi connectivity index (χ4n) is 2.33. The fraction of sp³-hybridized carbons (Fsp3) is 0.533. The van der Waals surface area contributed by atoms with Gasteiger partial charge < -0.3 is 19.9 Å². The van der Waals surface area contributed by atoms with Gasteiger partial charge in [0.25, 0.3) is 5.91 Å². The second-order valence-corrected chi connectivity index (χ2v) is 5.48. The zero-order chi connectivity index (χ0) is 17.1. The number of carbonyl (C=O) groups is 1. The van der Waals surface area contributed by atoms with Crippen molar-refractivity contribution < 1.29 is 32.5 Å². The average molecular weight is 333 g/mol. The molecule has 1 aromatic carbocycles. The number of alkyl halides is 3. The van der Waals surface area contributed by atoms with Crippen molar-refractivity contribution in [1.29, 1.82) is 0 Å². The van der Waals surface area contributed by atoms with Crippen LogP contribution in [0.2, 0.25) is 0 Å². The molecule has 5 nitrogen and oxygen atoms in total. The molecule has 1 amide bonds. The van der Waals surface area contributed by atoms with Gasteiger partial charge in [-0.05, 0) is 18.2 Å². The monoisotopic (exact) mass is 333 g/mol. The van der Waals surface area contributed by atoms with Crippen LogP contribution in [-0.2, 0) is 4.74 Å². The first-order valence-electron chi connectivity index (χ1n) is 7.07. The minimum atomic E-state index is -4.68. The summed E-state index contributed by atoms with van der Waals surface area (Å²) in [6.45, 7) is 0.720. The Morgan fingerprint density at radius 1 is 1.39 bits per heavy atom. The quantitative estimate of drug-likeness (QED) is 0.780. The minimum Gasteiger partial charge on any atom is -0.491 e. The number of hydrogen-bond donors (Lipinski definition) is 2. The number of nitrogens with one attached hydrogen (secondary N) is 1. The lowest BCUT2D eigenvalue weighted by Crippen LogP contribution is -2.62. The number of rotatable bonds is 6. The molecule has 0 heterocycles. The lowest BCUT2D eigenvalue weighted by Gasteiger charge is -2.44. The summed E-state index contributed by atoms with van der Waals surface area (Å²) < 4.78 is 47.8. The minimum absolute atomic E-state index is 0.280. The number of aliphatic hydroxyl groups is 1. The standard InChI is InChI=1S/C15H18F3NO4/c1-22-5-6-23-12-4-2-3-10(7-12)13(20)19-11-8-14(21,9-11)15(16,17)18/h2-4,7,11,21H,5-6,8-9H2,1H3,(H,19,20). The summed E-state index contributed by atoms with van der Waals surface area (Å²) in [6.07, 6.45) is -5.75. The van der Waals surface area contributed by atoms with Gasteiger partial charge in [0, 0.05) is 31.6 Å². The zero-order valence-electron chi connectivity index (χ0n) is 12.5. The number of ether oxygens (including phenoxy) is 2. The van der Waals surface area contributed by atoms with Crippen LogP contribution in [-0.4, -0.2) is 49.2 Å². The van der Waals surface area contributed by atoms with E-state index in [4.69, 9.17) is 9.47 Å². The Hall–Kier alpha value is -1.80. The van der Waals surface area contributed by atoms with Gasteiger partial charge in [0.2, 0.25) is 0 Å². The summed E-state index contributed by atoms with van der Waals surface area (Å²) in [5, 5.41) is 11.8. The van der Waals surface area contributed by atoms with Crippen molar-refractivity contribution in [1.82, 2.24) is 5.32 Å². The Kier molecular flexibility index (Phi) is 5.16. The van der Waals surface area contributed by atoms with Crippen LogP contribution in [0.1, 0.15) is 23.2 Å². The molecule has 0 bridgehead atoms. The van der Waals surface area contributed by atoms with Crippen molar-refractivity contribution in [2.45, 2.75) is 30.7 Å². The Bertz CT molecular complexity index is 556. The lowest BCUT2D eigenvalue weighted by atomic mass is 9.75. The average Bonchev–Trinajstić information content (AvgIpc) is 2.45. The molecule has 1 saturated carbocycles. The molecule has 0 aliphatic heterocycles. The molecule has 0 unspecified atom stereocenters. The molecule has 0 spiro atoms. The fourth-order valence-corrected chi connectivity index (χ4v) is 2.33. The Balaban J connectivity index is 1.89. The molecule has 2 rings (SSSR count). The summed E-state index contributed by atoms with van der Waals surface area (Å²) in [7, 11) is 1.54. The summed E-state index contributed by atoms with van der Waals surface area (Å²) in [5.41, 5.74) is -2.42. The molecule has 23 heavy (non-hydrogen) atoms. The van der Waals surface area contributed by atoms with Crippen LogP contribution in [0.3, 0.4) is 0 Å². The highest BCUT2D eigenvalue weighted by atomic mass is 19.4. The Labute approximate surface area is 131 Å². The van der Waals surface area contributed by atoms with E-state index in [1.54, 1.807) is 12.1 Å². The van der Waals surface area contributed by atoms with E-state index >= 15 is 0 Å². The first kappa shape index (κ1) is 17.6. The number of carbonyl (C=O) groups excluding carboxylic acids is 1. The molecular weight excluding hydrogens is 315 g/mol. The van der Waals surface area contributed by atoms with Crippen LogP contribution in [0.5, 0.6) is 5.75 Å². The molecule has 0 radical (unpaired) electrons. The van der Waals surface area contributed by atoms with Gasteiger partial charge in [-0.2, -0.15) is 13.2 Å². The highest BCUT2D eigenvalue weighted by Gasteiger charge is 2.61.